The van der Waals surface area contributed by atoms with Crippen molar-refractivity contribution in [3.8, 4) is 5.75 Å². The summed E-state index contributed by atoms with van der Waals surface area (Å²) in [6, 6.07) is 7.94. The van der Waals surface area contributed by atoms with Crippen LogP contribution in [0, 0.1) is 5.92 Å². The molecule has 25 heavy (non-hydrogen) atoms. The van der Waals surface area contributed by atoms with Gasteiger partial charge in [0.2, 0.25) is 0 Å². The molecule has 1 aromatic rings. The van der Waals surface area contributed by atoms with Crippen molar-refractivity contribution in [2.75, 3.05) is 33.3 Å². The Balaban J connectivity index is 1.53. The molecule has 1 saturated carbocycles. The van der Waals surface area contributed by atoms with Crippen molar-refractivity contribution in [3.63, 3.8) is 0 Å². The van der Waals surface area contributed by atoms with Crippen LogP contribution in [0.25, 0.3) is 0 Å². The molecule has 1 saturated heterocycles. The largest absolute Gasteiger partial charge is 0.483 e. The Morgan fingerprint density at radius 2 is 2.00 bits per heavy atom. The van der Waals surface area contributed by atoms with Gasteiger partial charge in [0.1, 0.15) is 5.75 Å². The first kappa shape index (κ1) is 18.2. The Bertz CT molecular complexity index is 572. The second kappa shape index (κ2) is 8.68. The highest BCUT2D eigenvalue weighted by molar-refractivity contribution is 5.78. The minimum atomic E-state index is -0.160. The van der Waals surface area contributed by atoms with Crippen LogP contribution < -0.4 is 4.74 Å². The SMILES string of the molecule is CN(Cc1ccccc1OCC(=O)N1CCCC1)CC1CCCC1O. The molecule has 1 aromatic carbocycles. The quantitative estimate of drug-likeness (QED) is 0.823. The zero-order valence-electron chi connectivity index (χ0n) is 15.2. The molecule has 1 N–H and O–H groups in total. The summed E-state index contributed by atoms with van der Waals surface area (Å²) in [5.41, 5.74) is 1.09. The van der Waals surface area contributed by atoms with E-state index in [1.54, 1.807) is 0 Å². The van der Waals surface area contributed by atoms with Crippen molar-refractivity contribution in [2.45, 2.75) is 44.8 Å². The summed E-state index contributed by atoms with van der Waals surface area (Å²) in [6.45, 7) is 3.48. The molecule has 1 heterocycles. The molecule has 0 bridgehead atoms. The number of hydrogen-bond donors (Lipinski definition) is 1. The van der Waals surface area contributed by atoms with Crippen LogP contribution in [0.1, 0.15) is 37.7 Å². The smallest absolute Gasteiger partial charge is 0.260 e. The van der Waals surface area contributed by atoms with Crippen LogP contribution in [-0.2, 0) is 11.3 Å². The lowest BCUT2D eigenvalue weighted by atomic mass is 10.1. The lowest BCUT2D eigenvalue weighted by molar-refractivity contribution is -0.132. The van der Waals surface area contributed by atoms with E-state index < -0.39 is 0 Å². The molecule has 2 unspecified atom stereocenters. The third kappa shape index (κ3) is 4.95. The Labute approximate surface area is 150 Å². The van der Waals surface area contributed by atoms with Crippen molar-refractivity contribution in [2.24, 2.45) is 5.92 Å². The molecule has 3 rings (SSSR count). The predicted octanol–water partition coefficient (Wildman–Crippen LogP) is 2.28. The lowest BCUT2D eigenvalue weighted by Crippen LogP contribution is -2.32. The first-order chi connectivity index (χ1) is 12.1. The van der Waals surface area contributed by atoms with Crippen LogP contribution in [0.5, 0.6) is 5.75 Å². The summed E-state index contributed by atoms with van der Waals surface area (Å²) in [7, 11) is 2.08. The van der Waals surface area contributed by atoms with E-state index in [9.17, 15) is 9.90 Å². The third-order valence-corrected chi connectivity index (χ3v) is 5.39. The number of carbonyl (C=O) groups is 1. The number of para-hydroxylation sites is 1. The maximum absolute atomic E-state index is 12.2. The molecule has 5 heteroatoms. The number of ether oxygens (including phenoxy) is 1. The second-order valence-electron chi connectivity index (χ2n) is 7.44. The van der Waals surface area contributed by atoms with E-state index in [2.05, 4.69) is 18.0 Å². The maximum Gasteiger partial charge on any atom is 0.260 e. The van der Waals surface area contributed by atoms with Gasteiger partial charge in [-0.1, -0.05) is 24.6 Å². The van der Waals surface area contributed by atoms with Crippen LogP contribution in [0.3, 0.4) is 0 Å². The lowest BCUT2D eigenvalue weighted by Gasteiger charge is -2.24. The Morgan fingerprint density at radius 3 is 2.72 bits per heavy atom. The number of aliphatic hydroxyl groups excluding tert-OH is 1. The van der Waals surface area contributed by atoms with Gasteiger partial charge in [-0.25, -0.2) is 0 Å². The molecule has 2 aliphatic rings. The highest BCUT2D eigenvalue weighted by atomic mass is 16.5. The van der Waals surface area contributed by atoms with Gasteiger partial charge in [-0.05, 0) is 44.7 Å². The summed E-state index contributed by atoms with van der Waals surface area (Å²) in [6.07, 6.45) is 5.19. The normalized spacial score (nSPS) is 23.4. The molecular weight excluding hydrogens is 316 g/mol. The number of rotatable bonds is 7. The number of amides is 1. The fourth-order valence-electron chi connectivity index (χ4n) is 3.96. The second-order valence-corrected chi connectivity index (χ2v) is 7.44. The van der Waals surface area contributed by atoms with Crippen molar-refractivity contribution in [3.05, 3.63) is 29.8 Å². The van der Waals surface area contributed by atoms with Crippen LogP contribution in [0.15, 0.2) is 24.3 Å². The van der Waals surface area contributed by atoms with Gasteiger partial charge in [0.25, 0.3) is 5.91 Å². The van der Waals surface area contributed by atoms with Gasteiger partial charge in [-0.2, -0.15) is 0 Å². The molecular formula is C20H30N2O3. The first-order valence-electron chi connectivity index (χ1n) is 9.48. The summed E-state index contributed by atoms with van der Waals surface area (Å²) >= 11 is 0. The molecule has 0 spiro atoms. The summed E-state index contributed by atoms with van der Waals surface area (Å²) < 4.78 is 5.84. The maximum atomic E-state index is 12.2. The van der Waals surface area contributed by atoms with E-state index in [1.165, 1.54) is 0 Å². The van der Waals surface area contributed by atoms with Gasteiger partial charge >= 0.3 is 0 Å². The molecule has 0 aromatic heterocycles. The fourth-order valence-corrected chi connectivity index (χ4v) is 3.96. The van der Waals surface area contributed by atoms with Crippen LogP contribution in [-0.4, -0.2) is 60.2 Å². The van der Waals surface area contributed by atoms with E-state index in [0.29, 0.717) is 5.92 Å². The van der Waals surface area contributed by atoms with Gasteiger partial charge < -0.3 is 19.6 Å². The van der Waals surface area contributed by atoms with Gasteiger partial charge in [0.05, 0.1) is 6.10 Å². The standard InChI is InChI=1S/C20H30N2O3/c1-21(13-16-8-6-9-18(16)23)14-17-7-2-3-10-19(17)25-15-20(24)22-11-4-5-12-22/h2-3,7,10,16,18,23H,4-6,8-9,11-15H2,1H3. The van der Waals surface area contributed by atoms with Gasteiger partial charge in [-0.3, -0.25) is 4.79 Å². The molecule has 2 atom stereocenters. The van der Waals surface area contributed by atoms with E-state index in [-0.39, 0.29) is 18.6 Å². The summed E-state index contributed by atoms with van der Waals surface area (Å²) in [5, 5.41) is 10.0. The molecule has 1 aliphatic carbocycles. The number of nitrogens with zero attached hydrogens (tertiary/aromatic N) is 2. The summed E-state index contributed by atoms with van der Waals surface area (Å²) in [5.74, 6) is 1.23. The predicted molar refractivity (Wildman–Crippen MR) is 97.4 cm³/mol. The van der Waals surface area contributed by atoms with Gasteiger partial charge in [-0.15, -0.1) is 0 Å². The minimum absolute atomic E-state index is 0.0785. The average molecular weight is 346 g/mol. The van der Waals surface area contributed by atoms with E-state index in [4.69, 9.17) is 4.74 Å². The van der Waals surface area contributed by atoms with E-state index in [1.807, 2.05) is 23.1 Å². The monoisotopic (exact) mass is 346 g/mol. The number of likely N-dealkylation sites (tertiary alicyclic amines) is 1. The van der Waals surface area contributed by atoms with Gasteiger partial charge in [0.15, 0.2) is 6.61 Å². The van der Waals surface area contributed by atoms with Crippen molar-refractivity contribution in [1.82, 2.24) is 9.80 Å². The molecule has 138 valence electrons. The number of hydrogen-bond acceptors (Lipinski definition) is 4. The van der Waals surface area contributed by atoms with E-state index >= 15 is 0 Å². The zero-order valence-corrected chi connectivity index (χ0v) is 15.2. The van der Waals surface area contributed by atoms with Crippen LogP contribution in [0.4, 0.5) is 0 Å². The Kier molecular flexibility index (Phi) is 6.32. The van der Waals surface area contributed by atoms with Crippen LogP contribution >= 0.6 is 0 Å². The summed E-state index contributed by atoms with van der Waals surface area (Å²) in [4.78, 5) is 16.3. The molecule has 1 aliphatic heterocycles. The fraction of sp³-hybridized carbons (Fsp3) is 0.650. The first-order valence-corrected chi connectivity index (χ1v) is 9.48. The number of carbonyl (C=O) groups excluding carboxylic acids is 1. The molecule has 2 fully saturated rings. The highest BCUT2D eigenvalue weighted by Gasteiger charge is 2.26. The average Bonchev–Trinajstić information content (AvgIpc) is 3.26. The Morgan fingerprint density at radius 1 is 1.24 bits per heavy atom. The topological polar surface area (TPSA) is 53.0 Å². The highest BCUT2D eigenvalue weighted by Crippen LogP contribution is 2.27. The van der Waals surface area contributed by atoms with E-state index in [0.717, 1.165) is 69.6 Å². The third-order valence-electron chi connectivity index (χ3n) is 5.39. The molecule has 0 radical (unpaired) electrons. The van der Waals surface area contributed by atoms with Crippen molar-refractivity contribution < 1.29 is 14.6 Å². The number of aliphatic hydroxyl groups is 1. The number of benzene rings is 1. The minimum Gasteiger partial charge on any atom is -0.483 e. The zero-order chi connectivity index (χ0) is 17.6. The molecule has 1 amide bonds. The van der Waals surface area contributed by atoms with Crippen LogP contribution in [0.2, 0.25) is 0 Å². The molecule has 5 nitrogen and oxygen atoms in total. The van der Waals surface area contributed by atoms with Crippen molar-refractivity contribution >= 4 is 5.91 Å². The van der Waals surface area contributed by atoms with Gasteiger partial charge in [0, 0.05) is 31.7 Å². The van der Waals surface area contributed by atoms with Crippen molar-refractivity contribution in [1.29, 1.82) is 0 Å². The Hall–Kier alpha value is -1.59.